The Hall–Kier alpha value is -1.37. The first kappa shape index (κ1) is 20.4. The fraction of sp³-hybridized carbons (Fsp3) is 0.700. The number of hydrogen-bond acceptors (Lipinski definition) is 5. The van der Waals surface area contributed by atoms with Crippen LogP contribution in [0.25, 0.3) is 0 Å². The molecule has 0 radical (unpaired) electrons. The minimum absolute atomic E-state index is 0.0462. The van der Waals surface area contributed by atoms with E-state index in [1.165, 1.54) is 6.42 Å². The van der Waals surface area contributed by atoms with Crippen LogP contribution in [0.5, 0.6) is 0 Å². The van der Waals surface area contributed by atoms with Crippen molar-refractivity contribution in [1.82, 2.24) is 19.7 Å². The Morgan fingerprint density at radius 3 is 2.56 bits per heavy atom. The smallest absolute Gasteiger partial charge is 0.255 e. The number of likely N-dealkylation sites (N-methyl/N-ethyl adjacent to an activating group) is 1. The highest BCUT2D eigenvalue weighted by atomic mass is 35.5. The number of nitrogens with zero attached hydrogens (tertiary/aromatic N) is 4. The Balaban J connectivity index is 1.52. The van der Waals surface area contributed by atoms with Crippen LogP contribution in [0, 0.1) is 0 Å². The van der Waals surface area contributed by atoms with E-state index in [-0.39, 0.29) is 5.91 Å². The number of piperidine rings is 2. The molecule has 0 aromatic carbocycles. The van der Waals surface area contributed by atoms with Gasteiger partial charge in [-0.25, -0.2) is 4.98 Å². The lowest BCUT2D eigenvalue weighted by Gasteiger charge is -2.33. The number of nitrogens with one attached hydrogen (secondary N) is 1. The second-order valence-corrected chi connectivity index (χ2v) is 8.38. The Kier molecular flexibility index (Phi) is 7.33. The van der Waals surface area contributed by atoms with Gasteiger partial charge in [0, 0.05) is 51.5 Å². The Bertz CT molecular complexity index is 625. The van der Waals surface area contributed by atoms with E-state index in [2.05, 4.69) is 34.2 Å². The maximum absolute atomic E-state index is 12.6. The van der Waals surface area contributed by atoms with Crippen LogP contribution in [0.2, 0.25) is 5.02 Å². The van der Waals surface area contributed by atoms with Crippen molar-refractivity contribution in [2.75, 3.05) is 58.7 Å². The third kappa shape index (κ3) is 5.80. The van der Waals surface area contributed by atoms with Gasteiger partial charge in [0.1, 0.15) is 5.82 Å². The van der Waals surface area contributed by atoms with Crippen LogP contribution in [0.3, 0.4) is 0 Å². The molecular weight excluding hydrogens is 362 g/mol. The van der Waals surface area contributed by atoms with Gasteiger partial charge in [-0.05, 0) is 52.3 Å². The molecular formula is C20H32ClN5O. The highest BCUT2D eigenvalue weighted by Crippen LogP contribution is 2.24. The van der Waals surface area contributed by atoms with Crippen molar-refractivity contribution in [2.24, 2.45) is 0 Å². The normalized spacial score (nSPS) is 19.5. The predicted molar refractivity (Wildman–Crippen MR) is 111 cm³/mol. The van der Waals surface area contributed by atoms with E-state index in [1.807, 2.05) is 4.90 Å². The number of hydrogen-bond donors (Lipinski definition) is 1. The molecule has 3 heterocycles. The predicted octanol–water partition coefficient (Wildman–Crippen LogP) is 2.80. The number of aromatic nitrogens is 1. The van der Waals surface area contributed by atoms with E-state index in [1.54, 1.807) is 12.3 Å². The van der Waals surface area contributed by atoms with Crippen molar-refractivity contribution in [1.29, 1.82) is 0 Å². The highest BCUT2D eigenvalue weighted by molar-refractivity contribution is 6.33. The lowest BCUT2D eigenvalue weighted by Crippen LogP contribution is -2.42. The molecule has 2 saturated heterocycles. The summed E-state index contributed by atoms with van der Waals surface area (Å²) in [5.41, 5.74) is 0.589. The fourth-order valence-corrected chi connectivity index (χ4v) is 4.00. The molecule has 0 aliphatic carbocycles. The van der Waals surface area contributed by atoms with Crippen LogP contribution in [0.1, 0.15) is 42.5 Å². The maximum atomic E-state index is 12.6. The zero-order valence-electron chi connectivity index (χ0n) is 16.6. The lowest BCUT2D eigenvalue weighted by atomic mass is 10.0. The first-order valence-corrected chi connectivity index (χ1v) is 10.5. The summed E-state index contributed by atoms with van der Waals surface area (Å²) in [6.07, 6.45) is 7.20. The van der Waals surface area contributed by atoms with Crippen molar-refractivity contribution in [2.45, 2.75) is 38.1 Å². The molecule has 0 bridgehead atoms. The topological polar surface area (TPSA) is 51.7 Å². The maximum Gasteiger partial charge on any atom is 0.255 e. The van der Waals surface area contributed by atoms with Gasteiger partial charge in [0.05, 0.1) is 10.6 Å². The summed E-state index contributed by atoms with van der Waals surface area (Å²) >= 11 is 6.43. The largest absolute Gasteiger partial charge is 0.366 e. The van der Waals surface area contributed by atoms with Gasteiger partial charge >= 0.3 is 0 Å². The number of pyridine rings is 1. The molecule has 1 N–H and O–H groups in total. The molecule has 0 saturated carbocycles. The summed E-state index contributed by atoms with van der Waals surface area (Å²) in [5, 5.41) is 4.01. The number of halogens is 1. The van der Waals surface area contributed by atoms with E-state index in [9.17, 15) is 4.79 Å². The van der Waals surface area contributed by atoms with E-state index < -0.39 is 0 Å². The summed E-state index contributed by atoms with van der Waals surface area (Å²) in [6.45, 7) is 6.07. The molecule has 0 atom stereocenters. The van der Waals surface area contributed by atoms with Gasteiger partial charge < -0.3 is 20.0 Å². The molecule has 1 aromatic heterocycles. The number of rotatable bonds is 6. The zero-order chi connectivity index (χ0) is 19.2. The van der Waals surface area contributed by atoms with Crippen LogP contribution in [-0.4, -0.2) is 85.0 Å². The molecule has 2 fully saturated rings. The summed E-state index contributed by atoms with van der Waals surface area (Å²) in [7, 11) is 4.23. The van der Waals surface area contributed by atoms with Crippen LogP contribution in [0.4, 0.5) is 5.82 Å². The molecule has 2 aliphatic heterocycles. The molecule has 0 spiro atoms. The average molecular weight is 394 g/mol. The molecule has 150 valence electrons. The Morgan fingerprint density at radius 1 is 1.22 bits per heavy atom. The fourth-order valence-electron chi connectivity index (χ4n) is 3.78. The molecule has 27 heavy (non-hydrogen) atoms. The first-order chi connectivity index (χ1) is 13.0. The van der Waals surface area contributed by atoms with Gasteiger partial charge in [-0.3, -0.25) is 4.79 Å². The summed E-state index contributed by atoms with van der Waals surface area (Å²) in [6, 6.07) is 2.15. The second-order valence-electron chi connectivity index (χ2n) is 7.97. The van der Waals surface area contributed by atoms with E-state index in [4.69, 9.17) is 11.6 Å². The SMILES string of the molecule is CN(C)CCN1CCC(Nc2ncc(C(=O)N3CCCCC3)cc2Cl)CC1. The third-order valence-electron chi connectivity index (χ3n) is 5.52. The lowest BCUT2D eigenvalue weighted by molar-refractivity contribution is 0.0724. The van der Waals surface area contributed by atoms with Gasteiger partial charge in [0.2, 0.25) is 0 Å². The number of amides is 1. The van der Waals surface area contributed by atoms with Crippen molar-refractivity contribution in [3.05, 3.63) is 22.8 Å². The Morgan fingerprint density at radius 2 is 1.93 bits per heavy atom. The highest BCUT2D eigenvalue weighted by Gasteiger charge is 2.22. The van der Waals surface area contributed by atoms with Crippen LogP contribution in [0.15, 0.2) is 12.3 Å². The van der Waals surface area contributed by atoms with Gasteiger partial charge in [0.15, 0.2) is 0 Å². The average Bonchev–Trinajstić information content (AvgIpc) is 2.69. The van der Waals surface area contributed by atoms with E-state index >= 15 is 0 Å². The summed E-state index contributed by atoms with van der Waals surface area (Å²) in [4.78, 5) is 23.7. The van der Waals surface area contributed by atoms with Gasteiger partial charge in [-0.15, -0.1) is 0 Å². The molecule has 6 nitrogen and oxygen atoms in total. The summed E-state index contributed by atoms with van der Waals surface area (Å²) < 4.78 is 0. The minimum atomic E-state index is 0.0462. The van der Waals surface area contributed by atoms with Crippen molar-refractivity contribution >= 4 is 23.3 Å². The van der Waals surface area contributed by atoms with Crippen molar-refractivity contribution in [3.8, 4) is 0 Å². The summed E-state index contributed by atoms with van der Waals surface area (Å²) in [5.74, 6) is 0.739. The molecule has 7 heteroatoms. The number of likely N-dealkylation sites (tertiary alicyclic amines) is 2. The molecule has 1 amide bonds. The number of carbonyl (C=O) groups is 1. The monoisotopic (exact) mass is 393 g/mol. The van der Waals surface area contributed by atoms with Crippen LogP contribution < -0.4 is 5.32 Å². The van der Waals surface area contributed by atoms with Gasteiger partial charge in [0.25, 0.3) is 5.91 Å². The number of anilines is 1. The van der Waals surface area contributed by atoms with Crippen LogP contribution >= 0.6 is 11.6 Å². The Labute approximate surface area is 167 Å². The van der Waals surface area contributed by atoms with E-state index in [0.29, 0.717) is 22.4 Å². The quantitative estimate of drug-likeness (QED) is 0.805. The van der Waals surface area contributed by atoms with E-state index in [0.717, 1.165) is 65.0 Å². The minimum Gasteiger partial charge on any atom is -0.366 e. The van der Waals surface area contributed by atoms with Crippen LogP contribution in [-0.2, 0) is 0 Å². The zero-order valence-corrected chi connectivity index (χ0v) is 17.3. The van der Waals surface area contributed by atoms with Crippen molar-refractivity contribution in [3.63, 3.8) is 0 Å². The second kappa shape index (κ2) is 9.71. The van der Waals surface area contributed by atoms with Gasteiger partial charge in [-0.2, -0.15) is 0 Å². The molecule has 2 aliphatic rings. The first-order valence-electron chi connectivity index (χ1n) is 10.1. The third-order valence-corrected chi connectivity index (χ3v) is 5.81. The number of carbonyl (C=O) groups excluding carboxylic acids is 1. The molecule has 0 unspecified atom stereocenters. The molecule has 3 rings (SSSR count). The van der Waals surface area contributed by atoms with Gasteiger partial charge in [-0.1, -0.05) is 11.6 Å². The molecule has 1 aromatic rings. The standard InChI is InChI=1S/C20H32ClN5O/c1-24(2)12-13-25-10-6-17(7-11-25)23-19-18(21)14-16(15-22-19)20(27)26-8-4-3-5-9-26/h14-15,17H,3-13H2,1-2H3,(H,22,23). The van der Waals surface area contributed by atoms with Crippen molar-refractivity contribution < 1.29 is 4.79 Å².